The van der Waals surface area contributed by atoms with E-state index in [1.165, 1.54) is 20.8 Å². The van der Waals surface area contributed by atoms with Gasteiger partial charge in [0, 0.05) is 0 Å². The standard InChI is InChI=1S/C18H35O19P3.3C7H9N5/c1-7-13(19)14(20)10(33-7)5-31-39(26,27)37-18-9(3)35-12(16(18)22)6-32-40(28,29)36-17-8(2)34-11(15(17)21)4-30-38(23,24)25;3*1-3-9-5-6(8)10-4(2)12-7(5)11-3/h7-22H,4-6H2,1-3H3,(H,26,27)(H,28,29)(H2,23,24,25);3*1-2H3,(H3,8,9,10,11,12)/p-2/t7-,8-,9-,10+,11+,12+,13?,14?,15?,16?,17?,18?;;;/m0.../s1. The van der Waals surface area contributed by atoms with E-state index in [0.717, 1.165) is 34.0 Å². The Morgan fingerprint density at radius 3 is 1.09 bits per heavy atom. The van der Waals surface area contributed by atoms with Gasteiger partial charge in [-0.2, -0.15) is 0 Å². The second kappa shape index (κ2) is 24.4. The quantitative estimate of drug-likeness (QED) is 0.0573. The van der Waals surface area contributed by atoms with Gasteiger partial charge in [0.25, 0.3) is 15.6 Å². The number of aliphatic hydroxyl groups excluding tert-OH is 4. The molecule has 8 unspecified atom stereocenters. The van der Waals surface area contributed by atoms with Gasteiger partial charge in [-0.1, -0.05) is 0 Å². The van der Waals surface area contributed by atoms with Gasteiger partial charge >= 0.3 is 7.82 Å². The van der Waals surface area contributed by atoms with Crippen LogP contribution in [-0.2, 0) is 50.5 Å². The van der Waals surface area contributed by atoms with Gasteiger partial charge in [-0.3, -0.25) is 13.7 Å². The minimum Gasteiger partial charge on any atom is -0.756 e. The number of rotatable bonds is 13. The molecule has 14 atom stereocenters. The summed E-state index contributed by atoms with van der Waals surface area (Å²) in [5.41, 5.74) is 21.0. The maximum atomic E-state index is 12.4. The second-order valence-electron chi connectivity index (χ2n) is 17.5. The number of hydrogen-bond donors (Lipinski definition) is 12. The Hall–Kier alpha value is -4.90. The molecule has 0 bridgehead atoms. The fourth-order valence-corrected chi connectivity index (χ4v) is 10.1. The lowest BCUT2D eigenvalue weighted by Gasteiger charge is -2.31. The smallest absolute Gasteiger partial charge is 0.469 e. The lowest BCUT2D eigenvalue weighted by atomic mass is 10.1. The number of fused-ring (bicyclic) bond motifs is 3. The van der Waals surface area contributed by atoms with E-state index in [2.05, 4.69) is 64.3 Å². The van der Waals surface area contributed by atoms with E-state index >= 15 is 0 Å². The Kier molecular flexibility index (Phi) is 19.4. The van der Waals surface area contributed by atoms with Crippen molar-refractivity contribution in [2.45, 2.75) is 136 Å². The van der Waals surface area contributed by atoms with Crippen LogP contribution in [-0.4, -0.2) is 183 Å². The third kappa shape index (κ3) is 15.6. The lowest BCUT2D eigenvalue weighted by molar-refractivity contribution is -0.237. The average molecular weight is 1140 g/mol. The molecule has 9 heterocycles. The SMILES string of the molecule is C[C@@H]1O[C@H](COP(=O)([O-])OC2C(O)[C@@H](COP(=O)([O-])OC3C(O)[C@@H](COP(=O)(O)O)O[C@H]3C)O[C@H]2C)C(O)C1O.Cc1nc(N)c2[nH]c(C)nc2n1.Cc1nc(N)c2[nH]c(C)nc2n1.Cc1nc(N)c2[nH]c(C)nc2n1. The van der Waals surface area contributed by atoms with Gasteiger partial charge < -0.3 is 104 Å². The number of nitrogens with zero attached hydrogens (tertiary/aromatic N) is 9. The number of phosphoric acid groups is 3. The van der Waals surface area contributed by atoms with Gasteiger partial charge in [-0.25, -0.2) is 49.4 Å². The summed E-state index contributed by atoms with van der Waals surface area (Å²) in [5, 5.41) is 40.3. The van der Waals surface area contributed by atoms with E-state index in [4.69, 9.17) is 59.3 Å². The number of ether oxygens (including phenoxy) is 3. The fourth-order valence-electron chi connectivity index (χ4n) is 7.79. The van der Waals surface area contributed by atoms with Gasteiger partial charge in [-0.15, -0.1) is 0 Å². The number of nitrogens with two attached hydrogens (primary N) is 3. The Labute approximate surface area is 431 Å². The number of anilines is 3. The Bertz CT molecular complexity index is 2910. The first-order valence-corrected chi connectivity index (χ1v) is 27.3. The molecule has 6 aromatic rings. The molecule has 9 rings (SSSR count). The molecule has 0 saturated carbocycles. The summed E-state index contributed by atoms with van der Waals surface area (Å²) < 4.78 is 74.7. The molecule has 76 heavy (non-hydrogen) atoms. The van der Waals surface area contributed by atoms with Crippen molar-refractivity contribution in [3.63, 3.8) is 0 Å². The summed E-state index contributed by atoms with van der Waals surface area (Å²) in [6.07, 6.45) is -15.9. The number of aliphatic hydroxyl groups is 4. The molecule has 0 amide bonds. The number of H-pyrrole nitrogens is 3. The number of imidazole rings is 3. The third-order valence-electron chi connectivity index (χ3n) is 11.3. The van der Waals surface area contributed by atoms with Crippen molar-refractivity contribution in [1.82, 2.24) is 59.8 Å². The molecule has 3 fully saturated rings. The van der Waals surface area contributed by atoms with Crippen molar-refractivity contribution in [1.29, 1.82) is 0 Å². The number of aromatic nitrogens is 12. The monoisotopic (exact) mass is 1140 g/mol. The van der Waals surface area contributed by atoms with Gasteiger partial charge in [0.1, 0.15) is 106 Å². The largest absolute Gasteiger partial charge is 0.756 e. The van der Waals surface area contributed by atoms with Crippen LogP contribution in [0.25, 0.3) is 33.5 Å². The molecule has 422 valence electrons. The molecule has 34 nitrogen and oxygen atoms in total. The minimum atomic E-state index is -5.21. The second-order valence-corrected chi connectivity index (χ2v) is 21.5. The van der Waals surface area contributed by atoms with Crippen LogP contribution in [0.3, 0.4) is 0 Å². The molecule has 0 radical (unpaired) electrons. The minimum absolute atomic E-state index is 0.457. The van der Waals surface area contributed by atoms with Gasteiger partial charge in [0.2, 0.25) is 0 Å². The number of hydrogen-bond acceptors (Lipinski definition) is 29. The van der Waals surface area contributed by atoms with Crippen LogP contribution >= 0.6 is 23.5 Å². The van der Waals surface area contributed by atoms with Crippen molar-refractivity contribution < 1.29 is 90.5 Å². The summed E-state index contributed by atoms with van der Waals surface area (Å²) in [6.45, 7) is 12.8. The van der Waals surface area contributed by atoms with Crippen LogP contribution in [0.15, 0.2) is 0 Å². The summed E-state index contributed by atoms with van der Waals surface area (Å²) in [6, 6.07) is 0. The normalized spacial score (nSPS) is 28.1. The Balaban J connectivity index is 0.000000206. The number of nitrogen functional groups attached to an aromatic ring is 3. The van der Waals surface area contributed by atoms with E-state index < -0.39 is 117 Å². The summed E-state index contributed by atoms with van der Waals surface area (Å²) in [5.74, 6) is 5.71. The summed E-state index contributed by atoms with van der Waals surface area (Å²) >= 11 is 0. The first-order valence-electron chi connectivity index (χ1n) is 22.9. The summed E-state index contributed by atoms with van der Waals surface area (Å²) in [7, 11) is -15.2. The molecule has 0 spiro atoms. The number of phosphoric ester groups is 3. The topological polar surface area (TPSA) is 534 Å². The molecule has 3 aliphatic rings. The van der Waals surface area contributed by atoms with E-state index in [1.54, 1.807) is 20.8 Å². The van der Waals surface area contributed by atoms with Crippen molar-refractivity contribution in [3.05, 3.63) is 34.9 Å². The lowest BCUT2D eigenvalue weighted by Crippen LogP contribution is -2.38. The molecular formula is C39H60N15O19P3-2. The highest BCUT2D eigenvalue weighted by Crippen LogP contribution is 2.47. The zero-order valence-electron chi connectivity index (χ0n) is 42.1. The predicted octanol–water partition coefficient (Wildman–Crippen LogP) is -1.70. The highest BCUT2D eigenvalue weighted by atomic mass is 31.2. The van der Waals surface area contributed by atoms with Crippen LogP contribution in [0.2, 0.25) is 0 Å². The van der Waals surface area contributed by atoms with Crippen LogP contribution in [0, 0.1) is 41.5 Å². The first-order chi connectivity index (χ1) is 35.3. The zero-order chi connectivity index (χ0) is 56.4. The van der Waals surface area contributed by atoms with Gasteiger partial charge in [0.15, 0.2) is 34.4 Å². The van der Waals surface area contributed by atoms with Gasteiger partial charge in [0.05, 0.1) is 38.1 Å². The maximum absolute atomic E-state index is 12.4. The van der Waals surface area contributed by atoms with E-state index in [1.807, 2.05) is 20.8 Å². The molecule has 0 aliphatic carbocycles. The van der Waals surface area contributed by atoms with E-state index in [9.17, 15) is 43.9 Å². The van der Waals surface area contributed by atoms with Crippen LogP contribution < -0.4 is 27.0 Å². The van der Waals surface area contributed by atoms with Crippen LogP contribution in [0.1, 0.15) is 55.7 Å². The molecule has 0 aromatic carbocycles. The van der Waals surface area contributed by atoms with Crippen molar-refractivity contribution >= 4 is 74.4 Å². The molecule has 3 saturated heterocycles. The van der Waals surface area contributed by atoms with Crippen molar-refractivity contribution in [2.75, 3.05) is 37.0 Å². The fraction of sp³-hybridized carbons (Fsp3) is 0.615. The van der Waals surface area contributed by atoms with E-state index in [0.29, 0.717) is 51.9 Å². The number of nitrogens with one attached hydrogen (secondary N) is 3. The first kappa shape index (κ1) is 60.3. The molecule has 6 aromatic heterocycles. The maximum Gasteiger partial charge on any atom is 0.469 e. The molecular weight excluding hydrogens is 1080 g/mol. The van der Waals surface area contributed by atoms with Crippen molar-refractivity contribution in [2.24, 2.45) is 0 Å². The summed E-state index contributed by atoms with van der Waals surface area (Å²) in [4.78, 5) is 88.0. The van der Waals surface area contributed by atoms with Crippen LogP contribution in [0.4, 0.5) is 17.5 Å². The van der Waals surface area contributed by atoms with E-state index in [-0.39, 0.29) is 0 Å². The Morgan fingerprint density at radius 2 is 0.789 bits per heavy atom. The number of aromatic amines is 3. The van der Waals surface area contributed by atoms with Crippen molar-refractivity contribution in [3.8, 4) is 0 Å². The highest BCUT2D eigenvalue weighted by Gasteiger charge is 2.48. The highest BCUT2D eigenvalue weighted by molar-refractivity contribution is 7.46. The molecule has 37 heteroatoms. The average Bonchev–Trinajstić information content (AvgIpc) is 4.14. The zero-order valence-corrected chi connectivity index (χ0v) is 44.8. The molecule has 15 N–H and O–H groups in total. The van der Waals surface area contributed by atoms with Gasteiger partial charge in [-0.05, 0) is 62.3 Å². The Morgan fingerprint density at radius 1 is 0.487 bits per heavy atom. The number of aryl methyl sites for hydroxylation is 6. The predicted molar refractivity (Wildman–Crippen MR) is 259 cm³/mol. The third-order valence-corrected chi connectivity index (χ3v) is 13.7. The van der Waals surface area contributed by atoms with Crippen LogP contribution in [0.5, 0.6) is 0 Å². The molecule has 3 aliphatic heterocycles.